The van der Waals surface area contributed by atoms with Gasteiger partial charge < -0.3 is 5.32 Å². The summed E-state index contributed by atoms with van der Waals surface area (Å²) in [4.78, 5) is 0. The average molecular weight is 197 g/mol. The van der Waals surface area contributed by atoms with E-state index in [0.29, 0.717) is 6.04 Å². The first kappa shape index (κ1) is 12.0. The molecule has 1 aliphatic rings. The van der Waals surface area contributed by atoms with E-state index in [-0.39, 0.29) is 0 Å². The molecule has 84 valence electrons. The molecular weight excluding hydrogens is 170 g/mol. The zero-order chi connectivity index (χ0) is 10.6. The minimum atomic E-state index is 0.686. The highest BCUT2D eigenvalue weighted by Gasteiger charge is 2.23. The summed E-state index contributed by atoms with van der Waals surface area (Å²) >= 11 is 0. The molecule has 0 unspecified atom stereocenters. The third-order valence-corrected chi connectivity index (χ3v) is 4.09. The van der Waals surface area contributed by atoms with Gasteiger partial charge in [0.25, 0.3) is 0 Å². The van der Waals surface area contributed by atoms with Crippen LogP contribution in [-0.4, -0.2) is 12.1 Å². The van der Waals surface area contributed by atoms with Gasteiger partial charge in [-0.15, -0.1) is 0 Å². The molecule has 1 rings (SSSR count). The van der Waals surface area contributed by atoms with Crippen LogP contribution in [0.15, 0.2) is 0 Å². The summed E-state index contributed by atoms with van der Waals surface area (Å²) < 4.78 is 0. The highest BCUT2D eigenvalue weighted by Crippen LogP contribution is 2.24. The quantitative estimate of drug-likeness (QED) is 0.726. The van der Waals surface area contributed by atoms with Crippen molar-refractivity contribution in [2.75, 3.05) is 0 Å². The molecule has 0 amide bonds. The van der Waals surface area contributed by atoms with E-state index < -0.39 is 0 Å². The lowest BCUT2D eigenvalue weighted by Crippen LogP contribution is -2.44. The first-order valence-electron chi connectivity index (χ1n) is 6.41. The van der Waals surface area contributed by atoms with Crippen molar-refractivity contribution >= 4 is 0 Å². The zero-order valence-electron chi connectivity index (χ0n) is 10.3. The van der Waals surface area contributed by atoms with Crippen molar-refractivity contribution in [2.45, 2.75) is 71.9 Å². The zero-order valence-corrected chi connectivity index (χ0v) is 10.3. The summed E-state index contributed by atoms with van der Waals surface area (Å²) in [5.74, 6) is 1.69. The summed E-state index contributed by atoms with van der Waals surface area (Å²) in [6.07, 6.45) is 6.97. The molecule has 0 bridgehead atoms. The van der Waals surface area contributed by atoms with E-state index in [1.54, 1.807) is 0 Å². The second-order valence-electron chi connectivity index (χ2n) is 5.21. The second kappa shape index (κ2) is 5.75. The van der Waals surface area contributed by atoms with Gasteiger partial charge in [-0.05, 0) is 31.6 Å². The maximum Gasteiger partial charge on any atom is 0.00952 e. The van der Waals surface area contributed by atoms with Crippen LogP contribution in [0.4, 0.5) is 0 Å². The van der Waals surface area contributed by atoms with Crippen LogP contribution in [0.2, 0.25) is 0 Å². The Labute approximate surface area is 89.7 Å². The Balaban J connectivity index is 2.34. The third-order valence-electron chi connectivity index (χ3n) is 4.09. The number of nitrogens with one attached hydrogen (secondary N) is 1. The lowest BCUT2D eigenvalue weighted by molar-refractivity contribution is 0.237. The normalized spacial score (nSPS) is 32.6. The van der Waals surface area contributed by atoms with Crippen molar-refractivity contribution in [3.05, 3.63) is 0 Å². The van der Waals surface area contributed by atoms with Gasteiger partial charge in [-0.3, -0.25) is 0 Å². The molecule has 1 nitrogen and oxygen atoms in total. The Kier molecular flexibility index (Phi) is 4.94. The van der Waals surface area contributed by atoms with Gasteiger partial charge in [-0.25, -0.2) is 0 Å². The van der Waals surface area contributed by atoms with Crippen LogP contribution in [-0.2, 0) is 0 Å². The van der Waals surface area contributed by atoms with Gasteiger partial charge in [0.05, 0.1) is 0 Å². The second-order valence-corrected chi connectivity index (χ2v) is 5.21. The number of hydrogen-bond acceptors (Lipinski definition) is 1. The lowest BCUT2D eigenvalue weighted by Gasteiger charge is -2.34. The van der Waals surface area contributed by atoms with E-state index in [2.05, 4.69) is 33.0 Å². The Bertz CT molecular complexity index is 155. The molecule has 0 spiro atoms. The largest absolute Gasteiger partial charge is 0.311 e. The molecule has 1 heteroatoms. The van der Waals surface area contributed by atoms with Crippen molar-refractivity contribution in [3.63, 3.8) is 0 Å². The molecule has 0 radical (unpaired) electrons. The minimum absolute atomic E-state index is 0.686. The van der Waals surface area contributed by atoms with Gasteiger partial charge in [0.15, 0.2) is 0 Å². The third kappa shape index (κ3) is 3.27. The van der Waals surface area contributed by atoms with Crippen LogP contribution < -0.4 is 5.32 Å². The summed E-state index contributed by atoms with van der Waals surface area (Å²) in [6.45, 7) is 9.38. The van der Waals surface area contributed by atoms with Gasteiger partial charge >= 0.3 is 0 Å². The standard InChI is InChI=1S/C13H27N/c1-5-10(2)12(4)14-13-9-7-6-8-11(13)3/h10-14H,5-9H2,1-4H3/t10-,11-,12+,13+/m0/s1. The van der Waals surface area contributed by atoms with Crippen molar-refractivity contribution < 1.29 is 0 Å². The van der Waals surface area contributed by atoms with Gasteiger partial charge in [-0.2, -0.15) is 0 Å². The van der Waals surface area contributed by atoms with Crippen molar-refractivity contribution in [2.24, 2.45) is 11.8 Å². The SMILES string of the molecule is CC[C@H](C)[C@@H](C)N[C@@H]1CCCC[C@@H]1C. The molecule has 0 aromatic heterocycles. The molecule has 0 aromatic carbocycles. The van der Waals surface area contributed by atoms with Crippen LogP contribution in [0, 0.1) is 11.8 Å². The number of rotatable bonds is 4. The molecule has 14 heavy (non-hydrogen) atoms. The Hall–Kier alpha value is -0.0400. The minimum Gasteiger partial charge on any atom is -0.311 e. The summed E-state index contributed by atoms with van der Waals surface area (Å²) in [7, 11) is 0. The summed E-state index contributed by atoms with van der Waals surface area (Å²) in [5, 5.41) is 3.82. The van der Waals surface area contributed by atoms with Crippen LogP contribution in [0.1, 0.15) is 59.8 Å². The van der Waals surface area contributed by atoms with Gasteiger partial charge in [0.2, 0.25) is 0 Å². The molecule has 1 N–H and O–H groups in total. The fourth-order valence-electron chi connectivity index (χ4n) is 2.42. The molecular formula is C13H27N. The number of hydrogen-bond donors (Lipinski definition) is 1. The molecule has 1 saturated carbocycles. The smallest absolute Gasteiger partial charge is 0.00952 e. The Morgan fingerprint density at radius 2 is 1.86 bits per heavy atom. The maximum absolute atomic E-state index is 3.82. The van der Waals surface area contributed by atoms with Crippen molar-refractivity contribution in [1.29, 1.82) is 0 Å². The highest BCUT2D eigenvalue weighted by atomic mass is 15.0. The van der Waals surface area contributed by atoms with Crippen LogP contribution in [0.3, 0.4) is 0 Å². The van der Waals surface area contributed by atoms with E-state index in [9.17, 15) is 0 Å². The van der Waals surface area contributed by atoms with E-state index in [4.69, 9.17) is 0 Å². The molecule has 1 aliphatic carbocycles. The molecule has 4 atom stereocenters. The van der Waals surface area contributed by atoms with Crippen LogP contribution in [0.5, 0.6) is 0 Å². The average Bonchev–Trinajstić information content (AvgIpc) is 2.20. The van der Waals surface area contributed by atoms with Crippen LogP contribution >= 0.6 is 0 Å². The van der Waals surface area contributed by atoms with E-state index in [0.717, 1.165) is 17.9 Å². The molecule has 0 aliphatic heterocycles. The first-order chi connectivity index (χ1) is 6.65. The lowest BCUT2D eigenvalue weighted by atomic mass is 9.85. The predicted octanol–water partition coefficient (Wildman–Crippen LogP) is 3.59. The van der Waals surface area contributed by atoms with Crippen molar-refractivity contribution in [1.82, 2.24) is 5.32 Å². The molecule has 1 fully saturated rings. The monoisotopic (exact) mass is 197 g/mol. The van der Waals surface area contributed by atoms with Crippen LogP contribution in [0.25, 0.3) is 0 Å². The molecule has 0 heterocycles. The maximum atomic E-state index is 3.82. The first-order valence-corrected chi connectivity index (χ1v) is 6.41. The van der Waals surface area contributed by atoms with E-state index in [1.165, 1.54) is 32.1 Å². The van der Waals surface area contributed by atoms with Gasteiger partial charge in [0, 0.05) is 12.1 Å². The highest BCUT2D eigenvalue weighted by molar-refractivity contribution is 4.81. The topological polar surface area (TPSA) is 12.0 Å². The molecule has 0 saturated heterocycles. The molecule has 0 aromatic rings. The van der Waals surface area contributed by atoms with Gasteiger partial charge in [-0.1, -0.05) is 40.0 Å². The Morgan fingerprint density at radius 1 is 1.21 bits per heavy atom. The summed E-state index contributed by atoms with van der Waals surface area (Å²) in [6, 6.07) is 1.47. The fraction of sp³-hybridized carbons (Fsp3) is 1.00. The predicted molar refractivity (Wildman–Crippen MR) is 63.5 cm³/mol. The van der Waals surface area contributed by atoms with Gasteiger partial charge in [0.1, 0.15) is 0 Å². The Morgan fingerprint density at radius 3 is 2.43 bits per heavy atom. The summed E-state index contributed by atoms with van der Waals surface area (Å²) in [5.41, 5.74) is 0. The van der Waals surface area contributed by atoms with E-state index >= 15 is 0 Å². The van der Waals surface area contributed by atoms with E-state index in [1.807, 2.05) is 0 Å². The van der Waals surface area contributed by atoms with Crippen molar-refractivity contribution in [3.8, 4) is 0 Å². The fourth-order valence-corrected chi connectivity index (χ4v) is 2.42.